The van der Waals surface area contributed by atoms with Gasteiger partial charge in [-0.15, -0.1) is 0 Å². The quantitative estimate of drug-likeness (QED) is 0.789. The first-order valence-electron chi connectivity index (χ1n) is 8.71. The molecule has 2 heterocycles. The lowest BCUT2D eigenvalue weighted by molar-refractivity contribution is -0.122. The molecule has 2 aliphatic heterocycles. The van der Waals surface area contributed by atoms with Crippen molar-refractivity contribution in [3.63, 3.8) is 0 Å². The summed E-state index contributed by atoms with van der Waals surface area (Å²) in [6, 6.07) is 13.9. The maximum Gasteiger partial charge on any atom is 0.286 e. The maximum atomic E-state index is 13.0. The summed E-state index contributed by atoms with van der Waals surface area (Å²) in [5, 5.41) is 6.06. The highest BCUT2D eigenvalue weighted by Crippen LogP contribution is 2.33. The molecule has 0 radical (unpaired) electrons. The number of halogens is 1. The molecule has 0 N–H and O–H groups in total. The molecule has 27 heavy (non-hydrogen) atoms. The molecule has 8 heteroatoms. The molecule has 2 aliphatic rings. The van der Waals surface area contributed by atoms with Crippen molar-refractivity contribution in [1.29, 1.82) is 0 Å². The minimum atomic E-state index is -3.96. The van der Waals surface area contributed by atoms with Gasteiger partial charge in [0.2, 0.25) is 14.9 Å². The Kier molecular flexibility index (Phi) is 4.65. The predicted molar refractivity (Wildman–Crippen MR) is 105 cm³/mol. The fourth-order valence-electron chi connectivity index (χ4n) is 3.32. The van der Waals surface area contributed by atoms with Crippen LogP contribution in [-0.2, 0) is 21.2 Å². The highest BCUT2D eigenvalue weighted by Gasteiger charge is 2.39. The number of likely N-dealkylation sites (tertiary alicyclic amines) is 1. The normalized spacial score (nSPS) is 18.2. The monoisotopic (exact) mass is 403 g/mol. The first-order valence-corrected chi connectivity index (χ1v) is 10.6. The molecule has 2 aromatic rings. The van der Waals surface area contributed by atoms with Crippen LogP contribution in [0.5, 0.6) is 0 Å². The molecule has 0 unspecified atom stereocenters. The average Bonchev–Trinajstić information content (AvgIpc) is 3.20. The van der Waals surface area contributed by atoms with Crippen LogP contribution in [0.2, 0.25) is 5.02 Å². The van der Waals surface area contributed by atoms with Crippen LogP contribution in [0.15, 0.2) is 58.5 Å². The number of hydrogen-bond acceptors (Lipinski definition) is 5. The fraction of sp³-hybridized carbons (Fsp3) is 0.263. The highest BCUT2D eigenvalue weighted by molar-refractivity contribution is 8.08. The summed E-state index contributed by atoms with van der Waals surface area (Å²) in [6.45, 7) is 1.46. The number of sulfone groups is 1. The lowest BCUT2D eigenvalue weighted by Gasteiger charge is -2.28. The Hall–Kier alpha value is -2.38. The topological polar surface area (TPSA) is 70.0 Å². The zero-order chi connectivity index (χ0) is 19.0. The Balaban J connectivity index is 1.77. The van der Waals surface area contributed by atoms with Crippen molar-refractivity contribution in [3.8, 4) is 0 Å². The minimum absolute atomic E-state index is 0.108. The average molecular weight is 404 g/mol. The van der Waals surface area contributed by atoms with Gasteiger partial charge < -0.3 is 4.90 Å². The van der Waals surface area contributed by atoms with E-state index in [1.165, 1.54) is 6.07 Å². The van der Waals surface area contributed by atoms with Gasteiger partial charge in [-0.25, -0.2) is 8.42 Å². The number of fused-ring (bicyclic) bond motifs is 1. The lowest BCUT2D eigenvalue weighted by atomic mass is 10.2. The molecule has 0 spiro atoms. The molecule has 1 saturated heterocycles. The van der Waals surface area contributed by atoms with E-state index in [1.54, 1.807) is 40.2 Å². The van der Waals surface area contributed by atoms with Gasteiger partial charge in [0.1, 0.15) is 0 Å². The van der Waals surface area contributed by atoms with Gasteiger partial charge in [0, 0.05) is 18.1 Å². The van der Waals surface area contributed by atoms with Crippen molar-refractivity contribution in [3.05, 3.63) is 59.1 Å². The van der Waals surface area contributed by atoms with Gasteiger partial charge in [0.05, 0.1) is 17.1 Å². The number of hydrazone groups is 1. The van der Waals surface area contributed by atoms with Crippen LogP contribution in [0.25, 0.3) is 0 Å². The van der Waals surface area contributed by atoms with Crippen LogP contribution in [0, 0.1) is 0 Å². The molecule has 0 aliphatic carbocycles. The van der Waals surface area contributed by atoms with E-state index in [9.17, 15) is 13.2 Å². The van der Waals surface area contributed by atoms with Crippen molar-refractivity contribution >= 4 is 38.1 Å². The van der Waals surface area contributed by atoms with Crippen molar-refractivity contribution in [1.82, 2.24) is 4.90 Å². The molecule has 0 saturated carbocycles. The minimum Gasteiger partial charge on any atom is -0.337 e. The van der Waals surface area contributed by atoms with E-state index in [0.717, 1.165) is 18.4 Å². The van der Waals surface area contributed by atoms with Crippen molar-refractivity contribution < 1.29 is 13.2 Å². The summed E-state index contributed by atoms with van der Waals surface area (Å²) in [5.74, 6) is -0.525. The number of hydrogen-bond donors (Lipinski definition) is 0. The number of benzene rings is 2. The van der Waals surface area contributed by atoms with E-state index >= 15 is 0 Å². The molecular weight excluding hydrogens is 386 g/mol. The first-order chi connectivity index (χ1) is 13.0. The van der Waals surface area contributed by atoms with Crippen LogP contribution in [-0.4, -0.2) is 37.4 Å². The molecule has 1 amide bonds. The van der Waals surface area contributed by atoms with E-state index in [0.29, 0.717) is 30.3 Å². The van der Waals surface area contributed by atoms with E-state index in [-0.39, 0.29) is 4.90 Å². The Morgan fingerprint density at radius 3 is 2.41 bits per heavy atom. The number of carbonyl (C=O) groups is 1. The van der Waals surface area contributed by atoms with Crippen LogP contribution < -0.4 is 5.01 Å². The molecule has 140 valence electrons. The molecule has 1 fully saturated rings. The lowest BCUT2D eigenvalue weighted by Crippen LogP contribution is -2.42. The third-order valence-corrected chi connectivity index (χ3v) is 6.66. The SMILES string of the molecule is O=C(C1=NN(Cc2ccc(Cl)cc2)c2ccccc2S1(=O)=O)N1CCCC1. The van der Waals surface area contributed by atoms with Crippen LogP contribution in [0.4, 0.5) is 5.69 Å². The molecule has 0 atom stereocenters. The van der Waals surface area contributed by atoms with Crippen LogP contribution >= 0.6 is 11.6 Å². The third-order valence-electron chi connectivity index (χ3n) is 4.72. The Labute approximate surface area is 163 Å². The molecule has 0 aromatic heterocycles. The summed E-state index contributed by atoms with van der Waals surface area (Å²) < 4.78 is 26.0. The largest absolute Gasteiger partial charge is 0.337 e. The molecule has 2 aromatic carbocycles. The second kappa shape index (κ2) is 6.98. The number of carbonyl (C=O) groups excluding carboxylic acids is 1. The van der Waals surface area contributed by atoms with Crippen molar-refractivity contribution in [2.45, 2.75) is 24.3 Å². The number of para-hydroxylation sites is 1. The highest BCUT2D eigenvalue weighted by atomic mass is 35.5. The number of amides is 1. The van der Waals surface area contributed by atoms with Crippen LogP contribution in [0.1, 0.15) is 18.4 Å². The molecular formula is C19H18ClN3O3S. The summed E-state index contributed by atoms with van der Waals surface area (Å²) in [4.78, 5) is 14.5. The van der Waals surface area contributed by atoms with Gasteiger partial charge in [-0.2, -0.15) is 5.10 Å². The van der Waals surface area contributed by atoms with Crippen LogP contribution in [0.3, 0.4) is 0 Å². The van der Waals surface area contributed by atoms with E-state index < -0.39 is 20.8 Å². The molecule has 6 nitrogen and oxygen atoms in total. The number of anilines is 1. The summed E-state index contributed by atoms with van der Waals surface area (Å²) in [7, 11) is -3.96. The Morgan fingerprint density at radius 1 is 1.04 bits per heavy atom. The number of rotatable bonds is 3. The van der Waals surface area contributed by atoms with E-state index in [4.69, 9.17) is 11.6 Å². The second-order valence-electron chi connectivity index (χ2n) is 6.56. The summed E-state index contributed by atoms with van der Waals surface area (Å²) >= 11 is 5.94. The molecule has 0 bridgehead atoms. The first kappa shape index (κ1) is 18.0. The fourth-order valence-corrected chi connectivity index (χ4v) is 4.92. The predicted octanol–water partition coefficient (Wildman–Crippen LogP) is 3.07. The zero-order valence-electron chi connectivity index (χ0n) is 14.5. The molecule has 4 rings (SSSR count). The summed E-state index contributed by atoms with van der Waals surface area (Å²) in [6.07, 6.45) is 1.76. The second-order valence-corrected chi connectivity index (χ2v) is 8.83. The maximum absolute atomic E-state index is 13.0. The van der Waals surface area contributed by atoms with Gasteiger partial charge in [-0.3, -0.25) is 9.80 Å². The Bertz CT molecular complexity index is 1010. The van der Waals surface area contributed by atoms with Crippen molar-refractivity contribution in [2.75, 3.05) is 18.1 Å². The summed E-state index contributed by atoms with van der Waals surface area (Å²) in [5.41, 5.74) is 1.37. The van der Waals surface area contributed by atoms with Crippen molar-refractivity contribution in [2.24, 2.45) is 5.10 Å². The standard InChI is InChI=1S/C19H18ClN3O3S/c20-15-9-7-14(8-10-15)13-23-16-5-1-2-6-17(16)27(25,26)18(21-23)19(24)22-11-3-4-12-22/h1-2,5-10H,3-4,11-13H2. The third kappa shape index (κ3) is 3.33. The zero-order valence-corrected chi connectivity index (χ0v) is 16.1. The Morgan fingerprint density at radius 2 is 1.70 bits per heavy atom. The number of nitrogens with zero attached hydrogens (tertiary/aromatic N) is 3. The smallest absolute Gasteiger partial charge is 0.286 e. The van der Waals surface area contributed by atoms with Gasteiger partial charge in [-0.1, -0.05) is 35.9 Å². The van der Waals surface area contributed by atoms with E-state index in [1.807, 2.05) is 12.1 Å². The van der Waals surface area contributed by atoms with Gasteiger partial charge in [0.25, 0.3) is 5.91 Å². The van der Waals surface area contributed by atoms with Gasteiger partial charge in [0.15, 0.2) is 0 Å². The van der Waals surface area contributed by atoms with E-state index in [2.05, 4.69) is 5.10 Å². The van der Waals surface area contributed by atoms with Gasteiger partial charge in [-0.05, 0) is 42.7 Å². The van der Waals surface area contributed by atoms with Gasteiger partial charge >= 0.3 is 0 Å².